The van der Waals surface area contributed by atoms with E-state index in [2.05, 4.69) is 14.3 Å². The zero-order valence-corrected chi connectivity index (χ0v) is 34.1. The molecule has 1 atom stereocenters. The maximum atomic E-state index is 13.3. The topological polar surface area (TPSA) is 321 Å². The van der Waals surface area contributed by atoms with Gasteiger partial charge < -0.3 is 24.4 Å². The fourth-order valence-electron chi connectivity index (χ4n) is 3.40. The number of hydrazone groups is 1. The number of anilines is 1. The van der Waals surface area contributed by atoms with Gasteiger partial charge in [-0.2, -0.15) is 13.5 Å². The van der Waals surface area contributed by atoms with Crippen molar-refractivity contribution in [1.29, 1.82) is 0 Å². The quantitative estimate of drug-likeness (QED) is 0.0594. The first kappa shape index (κ1) is 48.0. The van der Waals surface area contributed by atoms with Gasteiger partial charge in [0.15, 0.2) is 0 Å². The second-order valence-electron chi connectivity index (χ2n) is 8.08. The van der Waals surface area contributed by atoms with Crippen LogP contribution in [0.3, 0.4) is 0 Å². The van der Waals surface area contributed by atoms with Crippen LogP contribution in [0.5, 0.6) is 5.75 Å². The van der Waals surface area contributed by atoms with Gasteiger partial charge in [0.1, 0.15) is 30.0 Å². The first-order valence-electron chi connectivity index (χ1n) is 10.7. The third-order valence-corrected chi connectivity index (χ3v) is 8.92. The van der Waals surface area contributed by atoms with Crippen LogP contribution in [0.2, 0.25) is 0 Å². The SMILES string of the molecule is CC([O-])=Nc1cc(S(=O)(=O)[O-])cc2cc(S(=O)(=O)[O-])c(NN=C3C=CC(=S([O])(=O)CCOS(=O)(=O)O)C=C3[O-])c([O-])c12.[Cu+2].[Na+].[Na+].[Na+]. The van der Waals surface area contributed by atoms with Crippen LogP contribution in [-0.2, 0) is 66.2 Å². The molecule has 1 unspecified atom stereocenters. The fraction of sp³-hybridized carbons (Fsp3) is 0.150. The van der Waals surface area contributed by atoms with Gasteiger partial charge in [0, 0.05) is 5.39 Å². The van der Waals surface area contributed by atoms with Crippen molar-refractivity contribution in [3.05, 3.63) is 42.2 Å². The maximum absolute atomic E-state index is 13.3. The van der Waals surface area contributed by atoms with Gasteiger partial charge in [0.2, 0.25) is 0 Å². The summed E-state index contributed by atoms with van der Waals surface area (Å²) >= 11 is 0. The molecule has 3 rings (SSSR count). The maximum Gasteiger partial charge on any atom is 2.00 e. The second kappa shape index (κ2) is 18.2. The molecule has 0 fully saturated rings. The molecule has 2 radical (unpaired) electrons. The van der Waals surface area contributed by atoms with E-state index in [-0.39, 0.29) is 106 Å². The van der Waals surface area contributed by atoms with E-state index in [1.165, 1.54) is 0 Å². The number of hydrogen-bond donors (Lipinski definition) is 2. The molecular weight excluding hydrogens is 783 g/mol. The van der Waals surface area contributed by atoms with Gasteiger partial charge in [-0.15, -0.1) is 4.55 Å². The van der Waals surface area contributed by atoms with Crippen LogP contribution in [0.4, 0.5) is 11.4 Å². The number of aliphatic imine (C=N–C) groups is 1. The molecule has 2 aromatic carbocycles. The average Bonchev–Trinajstić information content (AvgIpc) is 2.81. The molecular formula is C20H15CuN3Na3O15S4. The van der Waals surface area contributed by atoms with Gasteiger partial charge in [-0.05, 0) is 48.6 Å². The summed E-state index contributed by atoms with van der Waals surface area (Å²) in [7, 11) is -20.0. The van der Waals surface area contributed by atoms with E-state index in [4.69, 9.17) is 4.55 Å². The zero-order valence-electron chi connectivity index (χ0n) is 23.9. The molecule has 0 heterocycles. The van der Waals surface area contributed by atoms with E-state index in [1.54, 1.807) is 0 Å². The Balaban J connectivity index is 0. The summed E-state index contributed by atoms with van der Waals surface area (Å²) in [5, 5.41) is 39.7. The van der Waals surface area contributed by atoms with Crippen molar-refractivity contribution < 1.29 is 173 Å². The van der Waals surface area contributed by atoms with Crippen LogP contribution < -0.4 is 109 Å². The van der Waals surface area contributed by atoms with Crippen molar-refractivity contribution in [3.63, 3.8) is 0 Å². The van der Waals surface area contributed by atoms with E-state index >= 15 is 0 Å². The Kier molecular flexibility index (Phi) is 19.0. The van der Waals surface area contributed by atoms with Crippen molar-refractivity contribution in [3.8, 4) is 5.75 Å². The Labute approximate surface area is 340 Å². The Morgan fingerprint density at radius 1 is 0.957 bits per heavy atom. The standard InChI is InChI=1S/C20H20N3O15S4.Cu.3Na/c1-10(24)21-15-8-13(40(29,30)31)6-11-7-17(41(32,33)34)19(20(26)18(11)15)23-22-14-3-2-12(9-16(14)25)39(27,28)5-4-38-42(35,36)37;;;;/h2-3,6-9,23,25-26H,4-5H2,1H3,(H,21,24)(H,29,30,31)(H,32,33,34)(H,35,36,37);;;;/q;+2;3*+1/p-5. The fourth-order valence-corrected chi connectivity index (χ4v) is 6.09. The molecule has 2 N–H and O–H groups in total. The molecule has 0 saturated carbocycles. The van der Waals surface area contributed by atoms with E-state index in [9.17, 15) is 58.4 Å². The van der Waals surface area contributed by atoms with E-state index in [0.717, 1.165) is 19.1 Å². The molecule has 0 saturated heterocycles. The Morgan fingerprint density at radius 3 is 2.02 bits per heavy atom. The Morgan fingerprint density at radius 2 is 1.54 bits per heavy atom. The van der Waals surface area contributed by atoms with Crippen molar-refractivity contribution in [2.24, 2.45) is 10.1 Å². The largest absolute Gasteiger partial charge is 2.00 e. The number of benzene rings is 2. The molecule has 26 heteroatoms. The van der Waals surface area contributed by atoms with Crippen molar-refractivity contribution in [2.75, 3.05) is 17.8 Å². The normalized spacial score (nSPS) is 15.8. The van der Waals surface area contributed by atoms with Crippen LogP contribution in [0.1, 0.15) is 6.92 Å². The van der Waals surface area contributed by atoms with Crippen LogP contribution >= 0.6 is 0 Å². The van der Waals surface area contributed by atoms with E-state index in [0.29, 0.717) is 24.3 Å². The number of nitrogens with one attached hydrogen (secondary N) is 1. The molecule has 0 aromatic heterocycles. The molecule has 1 aliphatic carbocycles. The molecule has 0 spiro atoms. The molecule has 0 amide bonds. The van der Waals surface area contributed by atoms with Gasteiger partial charge in [-0.3, -0.25) is 15.0 Å². The zero-order chi connectivity index (χ0) is 31.8. The number of rotatable bonds is 9. The molecule has 2 aromatic rings. The van der Waals surface area contributed by atoms with E-state index < -0.39 is 113 Å². The molecule has 1 aliphatic rings. The third-order valence-electron chi connectivity index (χ3n) is 5.11. The third kappa shape index (κ3) is 12.7. The summed E-state index contributed by atoms with van der Waals surface area (Å²) in [6.07, 6.45) is 2.19. The summed E-state index contributed by atoms with van der Waals surface area (Å²) < 4.78 is 129. The summed E-state index contributed by atoms with van der Waals surface area (Å²) in [4.78, 5) is 0.558. The van der Waals surface area contributed by atoms with Gasteiger partial charge in [0.25, 0.3) is 0 Å². The minimum atomic E-state index is -5.52. The Hall–Kier alpha value is -0.0905. The smallest absolute Gasteiger partial charge is 0.871 e. The van der Waals surface area contributed by atoms with Crippen molar-refractivity contribution in [1.82, 2.24) is 0 Å². The van der Waals surface area contributed by atoms with Gasteiger partial charge in [-0.25, -0.2) is 25.2 Å². The molecule has 0 aliphatic heterocycles. The van der Waals surface area contributed by atoms with Crippen molar-refractivity contribution in [2.45, 2.75) is 16.7 Å². The summed E-state index contributed by atoms with van der Waals surface area (Å²) in [5.74, 6) is -4.39. The van der Waals surface area contributed by atoms with Crippen LogP contribution in [0.15, 0.2) is 62.1 Å². The predicted molar refractivity (Wildman–Crippen MR) is 137 cm³/mol. The summed E-state index contributed by atoms with van der Waals surface area (Å²) in [5.41, 5.74) is -0.397. The minimum absolute atomic E-state index is 0. The number of fused-ring (bicyclic) bond motifs is 1. The van der Waals surface area contributed by atoms with Crippen molar-refractivity contribution >= 4 is 79.1 Å². The molecule has 18 nitrogen and oxygen atoms in total. The average molecular weight is 798 g/mol. The second-order valence-corrected chi connectivity index (χ2v) is 14.0. The minimum Gasteiger partial charge on any atom is -0.871 e. The van der Waals surface area contributed by atoms with Crippen LogP contribution in [0.25, 0.3) is 10.8 Å². The Bertz CT molecular complexity index is 2070. The molecule has 238 valence electrons. The monoisotopic (exact) mass is 797 g/mol. The molecule has 46 heavy (non-hydrogen) atoms. The number of allylic oxidation sites excluding steroid dienone is 3. The van der Waals surface area contributed by atoms with Crippen LogP contribution in [-0.4, -0.2) is 72.0 Å². The van der Waals surface area contributed by atoms with Crippen LogP contribution in [0, 0.1) is 0 Å². The number of hydrogen-bond acceptors (Lipinski definition) is 16. The molecule has 0 bridgehead atoms. The first-order chi connectivity index (χ1) is 19.1. The van der Waals surface area contributed by atoms with Gasteiger partial charge >= 0.3 is 116 Å². The predicted octanol–water partition coefficient (Wildman–Crippen LogP) is -11.7. The summed E-state index contributed by atoms with van der Waals surface area (Å²) in [6.45, 7) is -0.0648. The number of nitrogens with zero attached hydrogens (tertiary/aromatic N) is 2. The van der Waals surface area contributed by atoms with Gasteiger partial charge in [0.05, 0.1) is 44.1 Å². The summed E-state index contributed by atoms with van der Waals surface area (Å²) in [6, 6.07) is 1.69. The van der Waals surface area contributed by atoms with E-state index in [1.807, 2.05) is 5.43 Å². The van der Waals surface area contributed by atoms with Gasteiger partial charge in [-0.1, -0.05) is 17.6 Å². The first-order valence-corrected chi connectivity index (χ1v) is 16.5.